The molecule has 3 nitrogen and oxygen atoms in total. The van der Waals surface area contributed by atoms with Crippen LogP contribution < -0.4 is 4.74 Å². The Kier molecular flexibility index (Phi) is 8.52. The van der Waals surface area contributed by atoms with Gasteiger partial charge < -0.3 is 9.47 Å². The van der Waals surface area contributed by atoms with Crippen molar-refractivity contribution in [1.29, 1.82) is 0 Å². The first kappa shape index (κ1) is 16.5. The minimum absolute atomic E-state index is 0.0225. The molecule has 1 unspecified atom stereocenters. The minimum atomic E-state index is -0.0695. The number of hydrogen-bond acceptors (Lipinski definition) is 3. The zero-order chi connectivity index (χ0) is 14.6. The summed E-state index contributed by atoms with van der Waals surface area (Å²) < 4.78 is 10.8. The predicted molar refractivity (Wildman–Crippen MR) is 80.8 cm³/mol. The van der Waals surface area contributed by atoms with Gasteiger partial charge in [0, 0.05) is 0 Å². The first-order valence-electron chi connectivity index (χ1n) is 7.58. The number of benzene rings is 1. The number of carbonyl (C=O) groups excluding carboxylic acids is 1. The van der Waals surface area contributed by atoms with Crippen molar-refractivity contribution in [3.63, 3.8) is 0 Å². The maximum atomic E-state index is 11.4. The summed E-state index contributed by atoms with van der Waals surface area (Å²) in [7, 11) is 0. The van der Waals surface area contributed by atoms with E-state index in [9.17, 15) is 4.79 Å². The first-order chi connectivity index (χ1) is 9.74. The van der Waals surface area contributed by atoms with Gasteiger partial charge in [0.1, 0.15) is 5.75 Å². The van der Waals surface area contributed by atoms with Crippen molar-refractivity contribution < 1.29 is 14.3 Å². The Labute approximate surface area is 122 Å². The van der Waals surface area contributed by atoms with Gasteiger partial charge in [-0.2, -0.15) is 0 Å². The van der Waals surface area contributed by atoms with Crippen LogP contribution in [0.15, 0.2) is 30.3 Å². The summed E-state index contributed by atoms with van der Waals surface area (Å²) >= 11 is 0. The lowest BCUT2D eigenvalue weighted by atomic mass is 10.1. The minimum Gasteiger partial charge on any atom is -0.494 e. The highest BCUT2D eigenvalue weighted by atomic mass is 16.5. The quantitative estimate of drug-likeness (QED) is 0.475. The van der Waals surface area contributed by atoms with Crippen LogP contribution in [-0.4, -0.2) is 19.2 Å². The monoisotopic (exact) mass is 278 g/mol. The highest BCUT2D eigenvalue weighted by Crippen LogP contribution is 2.10. The first-order valence-corrected chi connectivity index (χ1v) is 7.58. The summed E-state index contributed by atoms with van der Waals surface area (Å²) in [4.78, 5) is 11.4. The Morgan fingerprint density at radius 2 is 1.70 bits per heavy atom. The Bertz CT molecular complexity index is 362. The van der Waals surface area contributed by atoms with Gasteiger partial charge in [-0.15, -0.1) is 0 Å². The lowest BCUT2D eigenvalue weighted by Gasteiger charge is -2.09. The molecule has 0 bridgehead atoms. The molecule has 0 aliphatic rings. The molecule has 0 aliphatic carbocycles. The van der Waals surface area contributed by atoms with E-state index in [-0.39, 0.29) is 11.9 Å². The van der Waals surface area contributed by atoms with Crippen LogP contribution in [-0.2, 0) is 9.53 Å². The van der Waals surface area contributed by atoms with Gasteiger partial charge in [-0.1, -0.05) is 32.0 Å². The van der Waals surface area contributed by atoms with Gasteiger partial charge in [0.05, 0.1) is 19.1 Å². The molecular weight excluding hydrogens is 252 g/mol. The van der Waals surface area contributed by atoms with Gasteiger partial charge in [-0.05, 0) is 44.2 Å². The molecule has 0 radical (unpaired) electrons. The maximum Gasteiger partial charge on any atom is 0.308 e. The fourth-order valence-corrected chi connectivity index (χ4v) is 1.75. The van der Waals surface area contributed by atoms with Crippen molar-refractivity contribution in [2.24, 2.45) is 5.92 Å². The van der Waals surface area contributed by atoms with Crippen LogP contribution in [0.4, 0.5) is 0 Å². The Balaban J connectivity index is 1.91. The molecule has 1 atom stereocenters. The van der Waals surface area contributed by atoms with E-state index in [1.54, 1.807) is 0 Å². The average molecular weight is 278 g/mol. The molecule has 1 aromatic carbocycles. The maximum absolute atomic E-state index is 11.4. The highest BCUT2D eigenvalue weighted by molar-refractivity contribution is 5.71. The zero-order valence-electron chi connectivity index (χ0n) is 12.6. The van der Waals surface area contributed by atoms with E-state index in [1.165, 1.54) is 0 Å². The summed E-state index contributed by atoms with van der Waals surface area (Å²) in [6.45, 7) is 5.20. The average Bonchev–Trinajstić information content (AvgIpc) is 2.49. The molecule has 0 saturated carbocycles. The predicted octanol–water partition coefficient (Wildman–Crippen LogP) is 4.22. The van der Waals surface area contributed by atoms with Gasteiger partial charge in [0.2, 0.25) is 0 Å². The van der Waals surface area contributed by atoms with Gasteiger partial charge in [-0.3, -0.25) is 4.79 Å². The molecule has 0 N–H and O–H groups in total. The lowest BCUT2D eigenvalue weighted by Crippen LogP contribution is -2.14. The number of carbonyl (C=O) groups is 1. The number of para-hydroxylation sites is 1. The SMILES string of the molecule is CCC(C)C(=O)OCCCCCCOc1ccccc1. The normalized spacial score (nSPS) is 11.9. The summed E-state index contributed by atoms with van der Waals surface area (Å²) in [5, 5.41) is 0. The van der Waals surface area contributed by atoms with E-state index < -0.39 is 0 Å². The standard InChI is InChI=1S/C17H26O3/c1-3-15(2)17(18)20-14-10-5-4-9-13-19-16-11-7-6-8-12-16/h6-8,11-12,15H,3-5,9-10,13-14H2,1-2H3. The summed E-state index contributed by atoms with van der Waals surface area (Å²) in [6.07, 6.45) is 5.00. The largest absolute Gasteiger partial charge is 0.494 e. The molecule has 0 saturated heterocycles. The van der Waals surface area contributed by atoms with Crippen LogP contribution in [0.3, 0.4) is 0 Å². The number of esters is 1. The third-order valence-electron chi connectivity index (χ3n) is 3.31. The molecule has 0 aliphatic heterocycles. The van der Waals surface area contributed by atoms with E-state index >= 15 is 0 Å². The third kappa shape index (κ3) is 7.17. The number of unbranched alkanes of at least 4 members (excludes halogenated alkanes) is 3. The van der Waals surface area contributed by atoms with Crippen LogP contribution >= 0.6 is 0 Å². The summed E-state index contributed by atoms with van der Waals surface area (Å²) in [5.74, 6) is 0.879. The number of rotatable bonds is 10. The Morgan fingerprint density at radius 3 is 2.35 bits per heavy atom. The van der Waals surface area contributed by atoms with Crippen molar-refractivity contribution in [2.75, 3.05) is 13.2 Å². The van der Waals surface area contributed by atoms with Crippen LogP contribution in [0.1, 0.15) is 46.0 Å². The molecule has 0 amide bonds. The van der Waals surface area contributed by atoms with Crippen molar-refractivity contribution >= 4 is 5.97 Å². The molecule has 3 heteroatoms. The Hall–Kier alpha value is -1.51. The lowest BCUT2D eigenvalue weighted by molar-refractivity contribution is -0.148. The van der Waals surface area contributed by atoms with Crippen LogP contribution in [0.25, 0.3) is 0 Å². The molecule has 0 aromatic heterocycles. The van der Waals surface area contributed by atoms with E-state index in [2.05, 4.69) is 0 Å². The second-order valence-electron chi connectivity index (χ2n) is 5.05. The second-order valence-corrected chi connectivity index (χ2v) is 5.05. The van der Waals surface area contributed by atoms with Crippen LogP contribution in [0.2, 0.25) is 0 Å². The molecule has 1 aromatic rings. The van der Waals surface area contributed by atoms with E-state index in [0.717, 1.165) is 44.5 Å². The van der Waals surface area contributed by atoms with Crippen LogP contribution in [0.5, 0.6) is 5.75 Å². The smallest absolute Gasteiger partial charge is 0.308 e. The van der Waals surface area contributed by atoms with Gasteiger partial charge in [0.15, 0.2) is 0 Å². The van der Waals surface area contributed by atoms with E-state index in [4.69, 9.17) is 9.47 Å². The Morgan fingerprint density at radius 1 is 1.05 bits per heavy atom. The van der Waals surface area contributed by atoms with Crippen molar-refractivity contribution in [2.45, 2.75) is 46.0 Å². The van der Waals surface area contributed by atoms with Gasteiger partial charge in [-0.25, -0.2) is 0 Å². The number of ether oxygens (including phenoxy) is 2. The van der Waals surface area contributed by atoms with Crippen molar-refractivity contribution in [3.8, 4) is 5.75 Å². The topological polar surface area (TPSA) is 35.5 Å². The fourth-order valence-electron chi connectivity index (χ4n) is 1.75. The van der Waals surface area contributed by atoms with Crippen molar-refractivity contribution in [3.05, 3.63) is 30.3 Å². The van der Waals surface area contributed by atoms with Gasteiger partial charge in [0.25, 0.3) is 0 Å². The summed E-state index contributed by atoms with van der Waals surface area (Å²) in [5.41, 5.74) is 0. The molecule has 0 spiro atoms. The molecule has 1 rings (SSSR count). The van der Waals surface area contributed by atoms with E-state index in [1.807, 2.05) is 44.2 Å². The fraction of sp³-hybridized carbons (Fsp3) is 0.588. The number of hydrogen-bond donors (Lipinski definition) is 0. The molecular formula is C17H26O3. The highest BCUT2D eigenvalue weighted by Gasteiger charge is 2.10. The zero-order valence-corrected chi connectivity index (χ0v) is 12.6. The summed E-state index contributed by atoms with van der Waals surface area (Å²) in [6, 6.07) is 9.86. The molecule has 0 fully saturated rings. The second kappa shape index (κ2) is 10.3. The van der Waals surface area contributed by atoms with E-state index in [0.29, 0.717) is 6.61 Å². The van der Waals surface area contributed by atoms with Crippen LogP contribution in [0, 0.1) is 5.92 Å². The molecule has 112 valence electrons. The van der Waals surface area contributed by atoms with Crippen molar-refractivity contribution in [1.82, 2.24) is 0 Å². The third-order valence-corrected chi connectivity index (χ3v) is 3.31. The molecule has 0 heterocycles. The molecule has 20 heavy (non-hydrogen) atoms. The van der Waals surface area contributed by atoms with Gasteiger partial charge >= 0.3 is 5.97 Å².